The Kier molecular flexibility index (Phi) is 8.45. The van der Waals surface area contributed by atoms with Gasteiger partial charge in [0.25, 0.3) is 5.69 Å². The first-order valence-corrected chi connectivity index (χ1v) is 13.8. The number of para-hydroxylation sites is 1. The molecule has 3 saturated heterocycles. The van der Waals surface area contributed by atoms with E-state index in [2.05, 4.69) is 72.2 Å². The van der Waals surface area contributed by atoms with Crippen molar-refractivity contribution in [2.24, 2.45) is 11.8 Å². The molecule has 1 unspecified atom stereocenters. The van der Waals surface area contributed by atoms with E-state index in [1.165, 1.54) is 17.5 Å². The quantitative estimate of drug-likeness (QED) is 0.126. The average Bonchev–Trinajstić information content (AvgIpc) is 2.98. The van der Waals surface area contributed by atoms with Gasteiger partial charge in [-0.1, -0.05) is 54.6 Å². The smallest absolute Gasteiger partial charge is 0.269 e. The van der Waals surface area contributed by atoms with Gasteiger partial charge in [0.05, 0.1) is 30.1 Å². The van der Waals surface area contributed by atoms with Gasteiger partial charge in [-0.3, -0.25) is 15.1 Å². The summed E-state index contributed by atoms with van der Waals surface area (Å²) in [5.41, 5.74) is 4.50. The van der Waals surface area contributed by atoms with E-state index < -0.39 is 0 Å². The molecule has 4 aromatic rings. The lowest BCUT2D eigenvalue weighted by Gasteiger charge is -2.58. The van der Waals surface area contributed by atoms with E-state index in [1.54, 1.807) is 24.3 Å². The fraction of sp³-hybridized carbons (Fsp3) is 0.303. The second kappa shape index (κ2) is 12.0. The minimum absolute atomic E-state index is 0. The molecule has 3 aromatic carbocycles. The third-order valence-corrected chi connectivity index (χ3v) is 8.93. The number of nitrogens with zero attached hydrogens (tertiary/aromatic N) is 3. The van der Waals surface area contributed by atoms with Gasteiger partial charge < -0.3 is 26.2 Å². The zero-order chi connectivity index (χ0) is 26.8. The molecule has 3 aliphatic rings. The Balaban J connectivity index is 0.00000323. The van der Waals surface area contributed by atoms with Crippen molar-refractivity contribution in [1.29, 1.82) is 0 Å². The first-order valence-electron chi connectivity index (χ1n) is 13.8. The second-order valence-corrected chi connectivity index (χ2v) is 11.1. The van der Waals surface area contributed by atoms with Gasteiger partial charge in [0.2, 0.25) is 0 Å². The lowest BCUT2D eigenvalue weighted by molar-refractivity contribution is -0.985. The molecule has 0 amide bonds. The van der Waals surface area contributed by atoms with Crippen LogP contribution in [-0.4, -0.2) is 33.5 Å². The lowest BCUT2D eigenvalue weighted by atomic mass is 9.71. The fourth-order valence-electron chi connectivity index (χ4n) is 6.98. The Labute approximate surface area is 245 Å². The number of nitro groups is 1. The predicted octanol–water partition coefficient (Wildman–Crippen LogP) is 4.02. The Morgan fingerprint density at radius 1 is 1.02 bits per heavy atom. The molecule has 40 heavy (non-hydrogen) atoms. The highest BCUT2D eigenvalue weighted by atomic mass is 79.9. The van der Waals surface area contributed by atoms with E-state index in [0.717, 1.165) is 47.0 Å². The Morgan fingerprint density at radius 3 is 2.52 bits per heavy atom. The van der Waals surface area contributed by atoms with Crippen LogP contribution in [0.4, 0.5) is 5.69 Å². The molecule has 7 heteroatoms. The summed E-state index contributed by atoms with van der Waals surface area (Å²) >= 11 is 0. The summed E-state index contributed by atoms with van der Waals surface area (Å²) in [7, 11) is 0. The molecule has 7 rings (SSSR count). The maximum atomic E-state index is 11.2. The highest BCUT2D eigenvalue weighted by Crippen LogP contribution is 2.49. The molecule has 5 atom stereocenters. The first kappa shape index (κ1) is 28.1. The molecular weight excluding hydrogens is 566 g/mol. The second-order valence-electron chi connectivity index (χ2n) is 11.1. The standard InChI is InChI=1S/C33H34N3O3.BrH/c1-2-26-22-36(21-24-8-4-3-5-9-24)19-17-27(26)20-32(36)33(30-16-18-34-31-11-7-6-10-29(30)31)39-23-25-12-14-28(15-13-25)35(37)38;/h2-16,18,26-27,32-33H,1,17,19-23H2;1H/q+1;/p-1/t26-,27-,32+,33-,36?;/m0./s1. The number of rotatable bonds is 9. The van der Waals surface area contributed by atoms with Gasteiger partial charge in [0, 0.05) is 48.0 Å². The number of aromatic nitrogens is 1. The number of pyridine rings is 1. The van der Waals surface area contributed by atoms with Gasteiger partial charge in [0.15, 0.2) is 0 Å². The van der Waals surface area contributed by atoms with Crippen molar-refractivity contribution in [1.82, 2.24) is 4.98 Å². The highest BCUT2D eigenvalue weighted by molar-refractivity contribution is 5.82. The Bertz CT molecular complexity index is 1470. The molecule has 0 radical (unpaired) electrons. The van der Waals surface area contributed by atoms with Crippen LogP contribution in [0.2, 0.25) is 0 Å². The number of benzene rings is 3. The summed E-state index contributed by atoms with van der Waals surface area (Å²) in [6.45, 7) is 7.74. The summed E-state index contributed by atoms with van der Waals surface area (Å²) in [5.74, 6) is 1.10. The molecule has 0 spiro atoms. The summed E-state index contributed by atoms with van der Waals surface area (Å²) < 4.78 is 7.88. The van der Waals surface area contributed by atoms with Gasteiger partial charge in [0.1, 0.15) is 18.7 Å². The van der Waals surface area contributed by atoms with Crippen LogP contribution in [0.3, 0.4) is 0 Å². The van der Waals surface area contributed by atoms with Crippen molar-refractivity contribution in [2.45, 2.75) is 38.1 Å². The van der Waals surface area contributed by atoms with Crippen molar-refractivity contribution >= 4 is 16.6 Å². The summed E-state index contributed by atoms with van der Waals surface area (Å²) in [4.78, 5) is 15.4. The van der Waals surface area contributed by atoms with Crippen LogP contribution in [0.5, 0.6) is 0 Å². The molecule has 1 aromatic heterocycles. The van der Waals surface area contributed by atoms with E-state index >= 15 is 0 Å². The van der Waals surface area contributed by atoms with Gasteiger partial charge in [-0.25, -0.2) is 0 Å². The minimum Gasteiger partial charge on any atom is -1.00 e. The number of quaternary nitrogens is 1. The molecule has 3 fully saturated rings. The van der Waals surface area contributed by atoms with Crippen LogP contribution in [0.1, 0.15) is 35.6 Å². The number of non-ortho nitro benzene ring substituents is 1. The molecule has 6 nitrogen and oxygen atoms in total. The number of hydrogen-bond acceptors (Lipinski definition) is 4. The third-order valence-electron chi connectivity index (χ3n) is 8.93. The summed E-state index contributed by atoms with van der Waals surface area (Å²) in [5, 5.41) is 12.3. The maximum absolute atomic E-state index is 11.2. The summed E-state index contributed by atoms with van der Waals surface area (Å²) in [6, 6.07) is 28.2. The Hall–Kier alpha value is -3.39. The zero-order valence-electron chi connectivity index (χ0n) is 22.4. The maximum Gasteiger partial charge on any atom is 0.269 e. The van der Waals surface area contributed by atoms with Crippen molar-refractivity contribution in [3.05, 3.63) is 131 Å². The number of piperidine rings is 3. The van der Waals surface area contributed by atoms with Gasteiger partial charge in [-0.05, 0) is 41.3 Å². The number of fused-ring (bicyclic) bond motifs is 4. The fourth-order valence-corrected chi connectivity index (χ4v) is 6.98. The lowest BCUT2D eigenvalue weighted by Crippen LogP contribution is -3.00. The normalized spacial score (nSPS) is 24.2. The topological polar surface area (TPSA) is 65.3 Å². The number of hydrogen-bond donors (Lipinski definition) is 0. The van der Waals surface area contributed by atoms with Crippen LogP contribution in [-0.2, 0) is 17.9 Å². The molecule has 0 saturated carbocycles. The molecule has 0 aliphatic carbocycles. The van der Waals surface area contributed by atoms with Gasteiger partial charge in [-0.2, -0.15) is 0 Å². The molecule has 4 heterocycles. The zero-order valence-corrected chi connectivity index (χ0v) is 24.0. The minimum atomic E-state index is -0.365. The van der Waals surface area contributed by atoms with Crippen molar-refractivity contribution in [3.63, 3.8) is 0 Å². The van der Waals surface area contributed by atoms with Crippen molar-refractivity contribution in [3.8, 4) is 0 Å². The van der Waals surface area contributed by atoms with Crippen molar-refractivity contribution < 1.29 is 31.1 Å². The first-order chi connectivity index (χ1) is 19.1. The molecule has 3 aliphatic heterocycles. The van der Waals surface area contributed by atoms with Gasteiger partial charge >= 0.3 is 0 Å². The van der Waals surface area contributed by atoms with Crippen LogP contribution >= 0.6 is 0 Å². The number of ether oxygens (including phenoxy) is 1. The van der Waals surface area contributed by atoms with E-state index in [1.807, 2.05) is 12.3 Å². The van der Waals surface area contributed by atoms with Crippen LogP contribution in [0.25, 0.3) is 10.9 Å². The van der Waals surface area contributed by atoms with E-state index in [0.29, 0.717) is 18.4 Å². The molecule has 206 valence electrons. The summed E-state index contributed by atoms with van der Waals surface area (Å²) in [6.07, 6.45) is 6.19. The van der Waals surface area contributed by atoms with E-state index in [4.69, 9.17) is 4.74 Å². The number of nitro benzene ring substituents is 1. The van der Waals surface area contributed by atoms with Gasteiger partial charge in [-0.15, -0.1) is 6.58 Å². The van der Waals surface area contributed by atoms with Crippen LogP contribution in [0.15, 0.2) is 104 Å². The largest absolute Gasteiger partial charge is 1.00 e. The predicted molar refractivity (Wildman–Crippen MR) is 153 cm³/mol. The van der Waals surface area contributed by atoms with E-state index in [-0.39, 0.29) is 39.7 Å². The SMILES string of the molecule is C=C[C@H]1C[N+]2(Cc3ccccc3)CC[C@H]1C[C@@H]2[C@@H](OCc1ccc([N+](=O)[O-])cc1)c1ccnc2ccccc12.[Br-]. The molecule has 0 N–H and O–H groups in total. The number of halogens is 1. The van der Waals surface area contributed by atoms with Crippen molar-refractivity contribution in [2.75, 3.05) is 13.1 Å². The molecular formula is C33H34BrN3O3. The monoisotopic (exact) mass is 599 g/mol. The van der Waals surface area contributed by atoms with Crippen LogP contribution < -0.4 is 17.0 Å². The highest BCUT2D eigenvalue weighted by Gasteiger charge is 2.54. The van der Waals surface area contributed by atoms with Crippen LogP contribution in [0, 0.1) is 22.0 Å². The van der Waals surface area contributed by atoms with E-state index in [9.17, 15) is 10.1 Å². The Morgan fingerprint density at radius 2 is 1.77 bits per heavy atom. The molecule has 2 bridgehead atoms. The average molecular weight is 601 g/mol. The third kappa shape index (κ3) is 5.46.